The lowest BCUT2D eigenvalue weighted by molar-refractivity contribution is -0.0708. The van der Waals surface area contributed by atoms with Gasteiger partial charge >= 0.3 is 0 Å². The van der Waals surface area contributed by atoms with E-state index in [-0.39, 0.29) is 17.6 Å². The van der Waals surface area contributed by atoms with E-state index >= 15 is 0 Å². The summed E-state index contributed by atoms with van der Waals surface area (Å²) in [6.07, 6.45) is 3.02. The predicted octanol–water partition coefficient (Wildman–Crippen LogP) is 2.34. The highest BCUT2D eigenvalue weighted by Crippen LogP contribution is 2.33. The zero-order valence-corrected chi connectivity index (χ0v) is 17.7. The van der Waals surface area contributed by atoms with Gasteiger partial charge in [-0.05, 0) is 39.3 Å². The Morgan fingerprint density at radius 3 is 2.09 bits per heavy atom. The Morgan fingerprint density at radius 1 is 1.22 bits per heavy atom. The van der Waals surface area contributed by atoms with Gasteiger partial charge in [0, 0.05) is 25.4 Å². The molecule has 0 rings (SSSR count). The number of ether oxygens (including phenoxy) is 1. The van der Waals surface area contributed by atoms with Gasteiger partial charge in [-0.3, -0.25) is 0 Å². The molecule has 0 bridgehead atoms. The van der Waals surface area contributed by atoms with E-state index in [1.165, 1.54) is 10.6 Å². The predicted molar refractivity (Wildman–Crippen MR) is 102 cm³/mol. The Morgan fingerprint density at radius 2 is 1.74 bits per heavy atom. The summed E-state index contributed by atoms with van der Waals surface area (Å²) in [4.78, 5) is 2.22. The van der Waals surface area contributed by atoms with E-state index < -0.39 is 10.0 Å². The average molecular weight is 369 g/mol. The zero-order chi connectivity index (χ0) is 18.4. The van der Waals surface area contributed by atoms with Crippen LogP contribution in [0.3, 0.4) is 0 Å². The quantitative estimate of drug-likeness (QED) is 0.569. The van der Waals surface area contributed by atoms with Crippen molar-refractivity contribution in [3.05, 3.63) is 0 Å². The van der Waals surface area contributed by atoms with Gasteiger partial charge in [-0.1, -0.05) is 20.8 Å². The van der Waals surface area contributed by atoms with Crippen molar-refractivity contribution in [1.29, 1.82) is 0 Å². The van der Waals surface area contributed by atoms with E-state index in [0.29, 0.717) is 18.3 Å². The number of rotatable bonds is 11. The third kappa shape index (κ3) is 8.20. The summed E-state index contributed by atoms with van der Waals surface area (Å²) in [5.74, 6) is 0.611. The Balaban J connectivity index is 5.29. The van der Waals surface area contributed by atoms with Crippen LogP contribution in [0, 0.1) is 5.41 Å². The summed E-state index contributed by atoms with van der Waals surface area (Å²) >= 11 is 4.29. The van der Waals surface area contributed by atoms with Gasteiger partial charge in [0.25, 0.3) is 0 Å². The molecule has 5 nitrogen and oxygen atoms in total. The Kier molecular flexibility index (Phi) is 9.68. The van der Waals surface area contributed by atoms with Gasteiger partial charge < -0.3 is 9.64 Å². The van der Waals surface area contributed by atoms with E-state index in [1.807, 2.05) is 6.92 Å². The highest BCUT2D eigenvalue weighted by Gasteiger charge is 2.36. The maximum atomic E-state index is 11.8. The second kappa shape index (κ2) is 9.61. The van der Waals surface area contributed by atoms with Gasteiger partial charge in [-0.25, -0.2) is 12.7 Å². The van der Waals surface area contributed by atoms with Crippen LogP contribution in [0.25, 0.3) is 0 Å². The minimum atomic E-state index is -3.23. The van der Waals surface area contributed by atoms with Crippen molar-refractivity contribution in [3.63, 3.8) is 0 Å². The molecule has 0 saturated carbocycles. The van der Waals surface area contributed by atoms with Crippen molar-refractivity contribution in [2.75, 3.05) is 39.7 Å². The summed E-state index contributed by atoms with van der Waals surface area (Å²) < 4.78 is 31.1. The van der Waals surface area contributed by atoms with Crippen LogP contribution in [0.1, 0.15) is 40.5 Å². The van der Waals surface area contributed by atoms with Crippen molar-refractivity contribution in [2.24, 2.45) is 5.41 Å². The fourth-order valence-electron chi connectivity index (χ4n) is 2.60. The van der Waals surface area contributed by atoms with E-state index in [0.717, 1.165) is 12.8 Å². The molecule has 0 aromatic rings. The number of thiol groups is 1. The van der Waals surface area contributed by atoms with Gasteiger partial charge in [0.15, 0.2) is 0 Å². The lowest BCUT2D eigenvalue weighted by atomic mass is 9.79. The molecule has 0 saturated heterocycles. The third-order valence-electron chi connectivity index (χ3n) is 4.48. The molecule has 0 heterocycles. The Hall–Kier alpha value is 0.180. The topological polar surface area (TPSA) is 49.9 Å². The van der Waals surface area contributed by atoms with Crippen LogP contribution in [0.5, 0.6) is 0 Å². The summed E-state index contributed by atoms with van der Waals surface area (Å²) in [7, 11) is 2.55. The van der Waals surface area contributed by atoms with Crippen LogP contribution < -0.4 is 0 Å². The number of hydrogen-bond donors (Lipinski definition) is 1. The molecule has 0 radical (unpaired) electrons. The molecule has 0 aromatic carbocycles. The smallest absolute Gasteiger partial charge is 0.211 e. The maximum Gasteiger partial charge on any atom is 0.211 e. The number of likely N-dealkylation sites (N-methyl/N-ethyl adjacent to an activating group) is 1. The minimum absolute atomic E-state index is 0.0185. The first-order chi connectivity index (χ1) is 10.3. The van der Waals surface area contributed by atoms with Crippen molar-refractivity contribution in [2.45, 2.75) is 58.8 Å². The van der Waals surface area contributed by atoms with Crippen LogP contribution in [-0.2, 0) is 14.8 Å². The van der Waals surface area contributed by atoms with Crippen molar-refractivity contribution >= 4 is 22.7 Å². The van der Waals surface area contributed by atoms with E-state index in [1.54, 1.807) is 7.05 Å². The molecule has 0 N–H and O–H groups in total. The SMILES string of the molecule is CCC(CC(C)(C)C(CN(C)S(C)(=O)=O)OC(C)CS)N(C)C. The Bertz CT molecular complexity index is 439. The van der Waals surface area contributed by atoms with Crippen molar-refractivity contribution in [3.8, 4) is 0 Å². The molecule has 0 amide bonds. The molecule has 0 aliphatic heterocycles. The van der Waals surface area contributed by atoms with E-state index in [9.17, 15) is 8.42 Å². The lowest BCUT2D eigenvalue weighted by Gasteiger charge is -2.41. The van der Waals surface area contributed by atoms with Gasteiger partial charge in [-0.2, -0.15) is 12.6 Å². The number of sulfonamides is 1. The van der Waals surface area contributed by atoms with Crippen molar-refractivity contribution in [1.82, 2.24) is 9.21 Å². The molecule has 3 atom stereocenters. The minimum Gasteiger partial charge on any atom is -0.372 e. The van der Waals surface area contributed by atoms with Crippen LogP contribution in [0.2, 0.25) is 0 Å². The first-order valence-electron chi connectivity index (χ1n) is 8.19. The van der Waals surface area contributed by atoms with E-state index in [2.05, 4.69) is 52.4 Å². The zero-order valence-electron chi connectivity index (χ0n) is 16.0. The average Bonchev–Trinajstić information content (AvgIpc) is 2.42. The lowest BCUT2D eigenvalue weighted by Crippen LogP contribution is -2.47. The number of hydrogen-bond acceptors (Lipinski definition) is 5. The molecule has 23 heavy (non-hydrogen) atoms. The van der Waals surface area contributed by atoms with Crippen LogP contribution in [-0.4, -0.2) is 75.6 Å². The standard InChI is InChI=1S/C16H36N2O3S2/c1-9-14(17(5)6)10-16(3,4)15(21-13(2)12-22)11-18(7)23(8,19)20/h13-15,22H,9-12H2,1-8H3. The highest BCUT2D eigenvalue weighted by molar-refractivity contribution is 7.88. The van der Waals surface area contributed by atoms with Gasteiger partial charge in [0.05, 0.1) is 18.5 Å². The normalized spacial score (nSPS) is 17.5. The maximum absolute atomic E-state index is 11.8. The third-order valence-corrected chi connectivity index (χ3v) is 6.27. The monoisotopic (exact) mass is 368 g/mol. The van der Waals surface area contributed by atoms with E-state index in [4.69, 9.17) is 4.74 Å². The molecule has 0 aliphatic rings. The molecule has 3 unspecified atom stereocenters. The summed E-state index contributed by atoms with van der Waals surface area (Å²) in [5, 5.41) is 0. The van der Waals surface area contributed by atoms with Gasteiger partial charge in [0.1, 0.15) is 0 Å². The summed E-state index contributed by atoms with van der Waals surface area (Å²) in [5.41, 5.74) is -0.152. The molecule has 0 spiro atoms. The van der Waals surface area contributed by atoms with Gasteiger partial charge in [-0.15, -0.1) is 0 Å². The largest absolute Gasteiger partial charge is 0.372 e. The molecule has 7 heteroatoms. The second-order valence-corrected chi connectivity index (χ2v) is 9.83. The second-order valence-electron chi connectivity index (χ2n) is 7.38. The fraction of sp³-hybridized carbons (Fsp3) is 1.00. The molecule has 140 valence electrons. The summed E-state index contributed by atoms with van der Waals surface area (Å²) in [6.45, 7) is 8.82. The Labute approximate surface area is 149 Å². The molecule has 0 fully saturated rings. The fourth-order valence-corrected chi connectivity index (χ4v) is 3.09. The van der Waals surface area contributed by atoms with Crippen LogP contribution >= 0.6 is 12.6 Å². The summed E-state index contributed by atoms with van der Waals surface area (Å²) in [6, 6.07) is 0.436. The molecule has 0 aromatic heterocycles. The van der Waals surface area contributed by atoms with Gasteiger partial charge in [0.2, 0.25) is 10.0 Å². The molecular weight excluding hydrogens is 332 g/mol. The first kappa shape index (κ1) is 23.2. The first-order valence-corrected chi connectivity index (χ1v) is 10.7. The molecular formula is C16H36N2O3S2. The van der Waals surface area contributed by atoms with Crippen molar-refractivity contribution < 1.29 is 13.2 Å². The number of nitrogens with zero attached hydrogens (tertiary/aromatic N) is 2. The van der Waals surface area contributed by atoms with Crippen LogP contribution in [0.4, 0.5) is 0 Å². The highest BCUT2D eigenvalue weighted by atomic mass is 32.2. The molecule has 0 aliphatic carbocycles. The van der Waals surface area contributed by atoms with Crippen LogP contribution in [0.15, 0.2) is 0 Å².